The summed E-state index contributed by atoms with van der Waals surface area (Å²) in [6.45, 7) is 0.192. The van der Waals surface area contributed by atoms with Crippen molar-refractivity contribution in [1.29, 1.82) is 0 Å². The predicted octanol–water partition coefficient (Wildman–Crippen LogP) is 2.91. The van der Waals surface area contributed by atoms with Crippen molar-refractivity contribution in [3.05, 3.63) is 66.0 Å². The number of amides is 1. The second-order valence-electron chi connectivity index (χ2n) is 5.82. The van der Waals surface area contributed by atoms with Crippen LogP contribution in [0.4, 0.5) is 11.4 Å². The normalized spacial score (nSPS) is 18.0. The number of rotatable bonds is 2. The van der Waals surface area contributed by atoms with E-state index in [1.807, 2.05) is 48.5 Å². The molecular weight excluding hydrogens is 320 g/mol. The third kappa shape index (κ3) is 2.13. The Labute approximate surface area is 143 Å². The molecule has 3 aromatic rings. The van der Waals surface area contributed by atoms with Gasteiger partial charge in [-0.1, -0.05) is 12.1 Å². The monoisotopic (exact) mass is 334 g/mol. The third-order valence-corrected chi connectivity index (χ3v) is 4.38. The Morgan fingerprint density at radius 1 is 1.08 bits per heavy atom. The molecule has 7 nitrogen and oxygen atoms in total. The van der Waals surface area contributed by atoms with Crippen molar-refractivity contribution >= 4 is 17.3 Å². The number of nitrogens with zero attached hydrogens (tertiary/aromatic N) is 2. The van der Waals surface area contributed by atoms with E-state index in [4.69, 9.17) is 9.47 Å². The van der Waals surface area contributed by atoms with Crippen LogP contribution in [0.3, 0.4) is 0 Å². The van der Waals surface area contributed by atoms with E-state index in [1.165, 1.54) is 0 Å². The SMILES string of the molecule is O=C1c2ccccc2NC(c2ccn[nH]2)N1c1ccc2c(c1)OCO2. The second-order valence-corrected chi connectivity index (χ2v) is 5.82. The topological polar surface area (TPSA) is 79.5 Å². The summed E-state index contributed by atoms with van der Waals surface area (Å²) in [5.74, 6) is 1.22. The summed E-state index contributed by atoms with van der Waals surface area (Å²) in [7, 11) is 0. The standard InChI is InChI=1S/C18H14N4O3/c23-18-12-3-1-2-4-13(12)20-17(14-7-8-19-21-14)22(18)11-5-6-15-16(9-11)25-10-24-15/h1-9,17,20H,10H2,(H,19,21). The maximum Gasteiger partial charge on any atom is 0.262 e. The number of aromatic nitrogens is 2. The molecule has 25 heavy (non-hydrogen) atoms. The van der Waals surface area contributed by atoms with Gasteiger partial charge in [0.05, 0.1) is 16.9 Å². The number of aromatic amines is 1. The Morgan fingerprint density at radius 3 is 2.84 bits per heavy atom. The molecule has 5 rings (SSSR count). The minimum atomic E-state index is -0.398. The Bertz CT molecular complexity index is 955. The summed E-state index contributed by atoms with van der Waals surface area (Å²) in [4.78, 5) is 14.9. The minimum Gasteiger partial charge on any atom is -0.454 e. The van der Waals surface area contributed by atoms with Gasteiger partial charge in [0, 0.05) is 18.0 Å². The highest BCUT2D eigenvalue weighted by Crippen LogP contribution is 2.40. The highest BCUT2D eigenvalue weighted by atomic mass is 16.7. The van der Waals surface area contributed by atoms with Gasteiger partial charge in [-0.3, -0.25) is 14.8 Å². The van der Waals surface area contributed by atoms with Gasteiger partial charge in [-0.25, -0.2) is 0 Å². The molecular formula is C18H14N4O3. The van der Waals surface area contributed by atoms with E-state index >= 15 is 0 Å². The van der Waals surface area contributed by atoms with E-state index in [2.05, 4.69) is 15.5 Å². The lowest BCUT2D eigenvalue weighted by Gasteiger charge is -2.37. The van der Waals surface area contributed by atoms with Gasteiger partial charge in [-0.05, 0) is 30.3 Å². The molecule has 0 fully saturated rings. The van der Waals surface area contributed by atoms with Crippen LogP contribution in [-0.4, -0.2) is 22.9 Å². The molecule has 1 amide bonds. The van der Waals surface area contributed by atoms with Gasteiger partial charge in [0.2, 0.25) is 6.79 Å². The molecule has 2 N–H and O–H groups in total. The van der Waals surface area contributed by atoms with Crippen molar-refractivity contribution in [3.63, 3.8) is 0 Å². The molecule has 0 saturated carbocycles. The zero-order valence-corrected chi connectivity index (χ0v) is 13.1. The lowest BCUT2D eigenvalue weighted by Crippen LogP contribution is -2.43. The number of hydrogen-bond donors (Lipinski definition) is 2. The number of H-pyrrole nitrogens is 1. The lowest BCUT2D eigenvalue weighted by atomic mass is 10.0. The Balaban J connectivity index is 1.65. The summed E-state index contributed by atoms with van der Waals surface area (Å²) < 4.78 is 10.8. The molecule has 1 atom stereocenters. The number of fused-ring (bicyclic) bond motifs is 2. The fourth-order valence-electron chi connectivity index (χ4n) is 3.19. The number of hydrogen-bond acceptors (Lipinski definition) is 5. The van der Waals surface area contributed by atoms with Crippen LogP contribution in [0, 0.1) is 0 Å². The molecule has 2 aliphatic heterocycles. The van der Waals surface area contributed by atoms with Gasteiger partial charge in [0.1, 0.15) is 6.17 Å². The first-order valence-corrected chi connectivity index (χ1v) is 7.89. The average Bonchev–Trinajstić information content (AvgIpc) is 3.33. The molecule has 0 radical (unpaired) electrons. The van der Waals surface area contributed by atoms with Crippen molar-refractivity contribution in [2.45, 2.75) is 6.17 Å². The summed E-state index contributed by atoms with van der Waals surface area (Å²) in [5.41, 5.74) is 2.93. The molecule has 0 saturated heterocycles. The Hall–Kier alpha value is -3.48. The Morgan fingerprint density at radius 2 is 1.96 bits per heavy atom. The number of carbonyl (C=O) groups excluding carboxylic acids is 1. The van der Waals surface area contributed by atoms with E-state index in [0.29, 0.717) is 17.1 Å². The van der Waals surface area contributed by atoms with Crippen molar-refractivity contribution in [2.24, 2.45) is 0 Å². The van der Waals surface area contributed by atoms with Crippen molar-refractivity contribution in [3.8, 4) is 11.5 Å². The number of nitrogens with one attached hydrogen (secondary N) is 2. The molecule has 124 valence electrons. The smallest absolute Gasteiger partial charge is 0.262 e. The highest BCUT2D eigenvalue weighted by Gasteiger charge is 2.35. The number of ether oxygens (including phenoxy) is 2. The molecule has 3 heterocycles. The quantitative estimate of drug-likeness (QED) is 0.753. The Kier molecular flexibility index (Phi) is 2.93. The van der Waals surface area contributed by atoms with Crippen molar-refractivity contribution < 1.29 is 14.3 Å². The first kappa shape index (κ1) is 13.9. The van der Waals surface area contributed by atoms with Gasteiger partial charge in [-0.15, -0.1) is 0 Å². The molecule has 2 aliphatic rings. The van der Waals surface area contributed by atoms with Gasteiger partial charge in [0.15, 0.2) is 11.5 Å². The number of carbonyl (C=O) groups is 1. The summed E-state index contributed by atoms with van der Waals surface area (Å²) in [6, 6.07) is 14.8. The fourth-order valence-corrected chi connectivity index (χ4v) is 3.19. The van der Waals surface area contributed by atoms with E-state index in [1.54, 1.807) is 11.1 Å². The average molecular weight is 334 g/mol. The highest BCUT2D eigenvalue weighted by molar-refractivity contribution is 6.12. The number of anilines is 2. The molecule has 7 heteroatoms. The second kappa shape index (κ2) is 5.27. The summed E-state index contributed by atoms with van der Waals surface area (Å²) in [5, 5.41) is 10.4. The van der Waals surface area contributed by atoms with Crippen LogP contribution in [-0.2, 0) is 0 Å². The van der Waals surface area contributed by atoms with Crippen molar-refractivity contribution in [2.75, 3.05) is 17.0 Å². The largest absolute Gasteiger partial charge is 0.454 e. The zero-order valence-electron chi connectivity index (χ0n) is 13.1. The summed E-state index contributed by atoms with van der Waals surface area (Å²) >= 11 is 0. The van der Waals surface area contributed by atoms with Gasteiger partial charge in [-0.2, -0.15) is 5.10 Å². The molecule has 0 spiro atoms. The number of para-hydroxylation sites is 1. The molecule has 0 aliphatic carbocycles. The van der Waals surface area contributed by atoms with E-state index in [9.17, 15) is 4.79 Å². The summed E-state index contributed by atoms with van der Waals surface area (Å²) in [6.07, 6.45) is 1.27. The van der Waals surface area contributed by atoms with E-state index < -0.39 is 6.17 Å². The van der Waals surface area contributed by atoms with Crippen LogP contribution in [0.1, 0.15) is 22.2 Å². The first-order valence-electron chi connectivity index (χ1n) is 7.89. The van der Waals surface area contributed by atoms with Crippen LogP contribution >= 0.6 is 0 Å². The van der Waals surface area contributed by atoms with Crippen LogP contribution in [0.15, 0.2) is 54.7 Å². The maximum absolute atomic E-state index is 13.2. The number of benzene rings is 2. The maximum atomic E-state index is 13.2. The zero-order chi connectivity index (χ0) is 16.8. The molecule has 0 bridgehead atoms. The molecule has 2 aromatic carbocycles. The fraction of sp³-hybridized carbons (Fsp3) is 0.111. The third-order valence-electron chi connectivity index (χ3n) is 4.38. The van der Waals surface area contributed by atoms with Gasteiger partial charge in [0.25, 0.3) is 5.91 Å². The van der Waals surface area contributed by atoms with E-state index in [-0.39, 0.29) is 12.7 Å². The van der Waals surface area contributed by atoms with E-state index in [0.717, 1.165) is 17.1 Å². The molecule has 1 aromatic heterocycles. The minimum absolute atomic E-state index is 0.0900. The predicted molar refractivity (Wildman–Crippen MR) is 90.8 cm³/mol. The molecule has 1 unspecified atom stereocenters. The first-order chi connectivity index (χ1) is 12.3. The van der Waals surface area contributed by atoms with Gasteiger partial charge < -0.3 is 14.8 Å². The van der Waals surface area contributed by atoms with Crippen LogP contribution in [0.2, 0.25) is 0 Å². The van der Waals surface area contributed by atoms with Crippen LogP contribution < -0.4 is 19.7 Å². The van der Waals surface area contributed by atoms with Crippen LogP contribution in [0.25, 0.3) is 0 Å². The van der Waals surface area contributed by atoms with Crippen molar-refractivity contribution in [1.82, 2.24) is 10.2 Å². The lowest BCUT2D eigenvalue weighted by molar-refractivity contribution is 0.0974. The van der Waals surface area contributed by atoms with Gasteiger partial charge >= 0.3 is 0 Å². The van der Waals surface area contributed by atoms with Crippen LogP contribution in [0.5, 0.6) is 11.5 Å².